The van der Waals surface area contributed by atoms with Crippen LogP contribution in [-0.2, 0) is 9.47 Å². The molecule has 0 aromatic carbocycles. The van der Waals surface area contributed by atoms with Gasteiger partial charge in [-0.15, -0.1) is 0 Å². The van der Waals surface area contributed by atoms with E-state index >= 15 is 0 Å². The van der Waals surface area contributed by atoms with E-state index in [0.717, 1.165) is 45.9 Å². The van der Waals surface area contributed by atoms with E-state index in [2.05, 4.69) is 31.0 Å². The van der Waals surface area contributed by atoms with Gasteiger partial charge in [0.05, 0.1) is 18.8 Å². The first kappa shape index (κ1) is 15.2. The average Bonchev–Trinajstić information content (AvgIpc) is 2.77. The minimum Gasteiger partial charge on any atom is -0.381 e. The molecule has 2 fully saturated rings. The summed E-state index contributed by atoms with van der Waals surface area (Å²) < 4.78 is 11.5. The molecule has 19 heavy (non-hydrogen) atoms. The van der Waals surface area contributed by atoms with Crippen molar-refractivity contribution in [1.82, 2.24) is 10.2 Å². The highest BCUT2D eigenvalue weighted by Gasteiger charge is 2.37. The summed E-state index contributed by atoms with van der Waals surface area (Å²) >= 11 is 0. The van der Waals surface area contributed by atoms with Crippen molar-refractivity contribution in [2.75, 3.05) is 45.9 Å². The molecule has 0 bridgehead atoms. The topological polar surface area (TPSA) is 33.7 Å². The maximum absolute atomic E-state index is 5.82. The highest BCUT2D eigenvalue weighted by atomic mass is 16.5. The second-order valence-electron chi connectivity index (χ2n) is 6.43. The van der Waals surface area contributed by atoms with Gasteiger partial charge in [-0.25, -0.2) is 0 Å². The van der Waals surface area contributed by atoms with Gasteiger partial charge in [-0.05, 0) is 33.2 Å². The maximum Gasteiger partial charge on any atom is 0.0678 e. The minimum atomic E-state index is 0.311. The largest absolute Gasteiger partial charge is 0.381 e. The molecule has 112 valence electrons. The number of hydrogen-bond donors (Lipinski definition) is 1. The summed E-state index contributed by atoms with van der Waals surface area (Å²) in [6.07, 6.45) is 3.09. The third-order valence-electron chi connectivity index (χ3n) is 4.17. The van der Waals surface area contributed by atoms with Crippen molar-refractivity contribution in [3.8, 4) is 0 Å². The lowest BCUT2D eigenvalue weighted by Crippen LogP contribution is -2.52. The lowest BCUT2D eigenvalue weighted by Gasteiger charge is -2.40. The zero-order chi connectivity index (χ0) is 13.7. The Morgan fingerprint density at radius 2 is 2.00 bits per heavy atom. The van der Waals surface area contributed by atoms with Crippen molar-refractivity contribution < 1.29 is 9.47 Å². The Hall–Kier alpha value is -0.160. The SMILES string of the molecule is CCCNCC1(CN2CC(C)OC(C)C2)CCOC1. The van der Waals surface area contributed by atoms with Gasteiger partial charge in [-0.2, -0.15) is 0 Å². The van der Waals surface area contributed by atoms with Crippen molar-refractivity contribution in [2.24, 2.45) is 5.41 Å². The van der Waals surface area contributed by atoms with Crippen LogP contribution in [0.15, 0.2) is 0 Å². The van der Waals surface area contributed by atoms with Crippen LogP contribution in [0.5, 0.6) is 0 Å². The average molecular weight is 270 g/mol. The van der Waals surface area contributed by atoms with E-state index in [4.69, 9.17) is 9.47 Å². The van der Waals surface area contributed by atoms with E-state index in [1.54, 1.807) is 0 Å². The molecular formula is C15H30N2O2. The van der Waals surface area contributed by atoms with Crippen LogP contribution in [0.2, 0.25) is 0 Å². The van der Waals surface area contributed by atoms with Crippen LogP contribution in [0.25, 0.3) is 0 Å². The van der Waals surface area contributed by atoms with Crippen molar-refractivity contribution in [3.63, 3.8) is 0 Å². The van der Waals surface area contributed by atoms with E-state index < -0.39 is 0 Å². The van der Waals surface area contributed by atoms with Gasteiger partial charge in [-0.3, -0.25) is 4.90 Å². The van der Waals surface area contributed by atoms with Gasteiger partial charge in [0.15, 0.2) is 0 Å². The van der Waals surface area contributed by atoms with Gasteiger partial charge in [-0.1, -0.05) is 6.92 Å². The Kier molecular flexibility index (Phi) is 5.63. The van der Waals surface area contributed by atoms with Gasteiger partial charge in [0.2, 0.25) is 0 Å². The summed E-state index contributed by atoms with van der Waals surface area (Å²) in [5, 5.41) is 3.59. The predicted octanol–water partition coefficient (Wildman–Crippen LogP) is 1.50. The first-order chi connectivity index (χ1) is 9.13. The molecule has 4 heteroatoms. The molecule has 3 unspecified atom stereocenters. The summed E-state index contributed by atoms with van der Waals surface area (Å²) in [7, 11) is 0. The Morgan fingerprint density at radius 3 is 2.58 bits per heavy atom. The standard InChI is InChI=1S/C15H30N2O2/c1-4-6-16-10-15(5-7-18-12-15)11-17-8-13(2)19-14(3)9-17/h13-14,16H,4-12H2,1-3H3. The van der Waals surface area contributed by atoms with E-state index in [1.807, 2.05) is 0 Å². The summed E-state index contributed by atoms with van der Waals surface area (Å²) in [4.78, 5) is 2.57. The molecule has 2 heterocycles. The van der Waals surface area contributed by atoms with E-state index in [1.165, 1.54) is 12.8 Å². The Labute approximate surface area is 117 Å². The van der Waals surface area contributed by atoms with E-state index in [-0.39, 0.29) is 0 Å². The second kappa shape index (κ2) is 7.02. The Bertz CT molecular complexity index is 257. The first-order valence-electron chi connectivity index (χ1n) is 7.80. The fourth-order valence-electron chi connectivity index (χ4n) is 3.39. The molecular weight excluding hydrogens is 240 g/mol. The molecule has 2 rings (SSSR count). The molecule has 2 saturated heterocycles. The van der Waals surface area contributed by atoms with E-state index in [0.29, 0.717) is 17.6 Å². The zero-order valence-corrected chi connectivity index (χ0v) is 12.8. The number of hydrogen-bond acceptors (Lipinski definition) is 4. The Balaban J connectivity index is 1.88. The lowest BCUT2D eigenvalue weighted by molar-refractivity contribution is -0.0780. The third-order valence-corrected chi connectivity index (χ3v) is 4.17. The van der Waals surface area contributed by atoms with Gasteiger partial charge >= 0.3 is 0 Å². The van der Waals surface area contributed by atoms with Crippen LogP contribution in [0.3, 0.4) is 0 Å². The van der Waals surface area contributed by atoms with Crippen molar-refractivity contribution in [2.45, 2.75) is 45.8 Å². The molecule has 0 saturated carbocycles. The molecule has 3 atom stereocenters. The van der Waals surface area contributed by atoms with Crippen LogP contribution in [0.1, 0.15) is 33.6 Å². The molecule has 4 nitrogen and oxygen atoms in total. The van der Waals surface area contributed by atoms with Crippen molar-refractivity contribution in [3.05, 3.63) is 0 Å². The highest BCUT2D eigenvalue weighted by Crippen LogP contribution is 2.30. The number of nitrogens with one attached hydrogen (secondary N) is 1. The molecule has 0 radical (unpaired) electrons. The first-order valence-corrected chi connectivity index (χ1v) is 7.80. The number of nitrogens with zero attached hydrogens (tertiary/aromatic N) is 1. The van der Waals surface area contributed by atoms with Crippen LogP contribution in [0, 0.1) is 5.41 Å². The normalized spacial score (nSPS) is 36.8. The van der Waals surface area contributed by atoms with Gasteiger partial charge in [0.25, 0.3) is 0 Å². The maximum atomic E-state index is 5.82. The third kappa shape index (κ3) is 4.42. The summed E-state index contributed by atoms with van der Waals surface area (Å²) in [5.41, 5.74) is 0.311. The molecule has 0 aromatic rings. The minimum absolute atomic E-state index is 0.311. The van der Waals surface area contributed by atoms with Crippen LogP contribution < -0.4 is 5.32 Å². The van der Waals surface area contributed by atoms with E-state index in [9.17, 15) is 0 Å². The number of morpholine rings is 1. The predicted molar refractivity (Wildman–Crippen MR) is 77.5 cm³/mol. The molecule has 0 aromatic heterocycles. The van der Waals surface area contributed by atoms with Gasteiger partial charge in [0.1, 0.15) is 0 Å². The summed E-state index contributed by atoms with van der Waals surface area (Å²) in [6.45, 7) is 13.8. The molecule has 2 aliphatic rings. The van der Waals surface area contributed by atoms with Crippen LogP contribution >= 0.6 is 0 Å². The highest BCUT2D eigenvalue weighted by molar-refractivity contribution is 4.90. The summed E-state index contributed by atoms with van der Waals surface area (Å²) in [5.74, 6) is 0. The van der Waals surface area contributed by atoms with Crippen molar-refractivity contribution in [1.29, 1.82) is 0 Å². The lowest BCUT2D eigenvalue weighted by atomic mass is 9.86. The monoisotopic (exact) mass is 270 g/mol. The molecule has 0 amide bonds. The van der Waals surface area contributed by atoms with Crippen LogP contribution in [0.4, 0.5) is 0 Å². The van der Waals surface area contributed by atoms with Gasteiger partial charge in [0, 0.05) is 38.2 Å². The van der Waals surface area contributed by atoms with Gasteiger partial charge < -0.3 is 14.8 Å². The Morgan fingerprint density at radius 1 is 1.26 bits per heavy atom. The summed E-state index contributed by atoms with van der Waals surface area (Å²) in [6, 6.07) is 0. The van der Waals surface area contributed by atoms with Crippen LogP contribution in [-0.4, -0.2) is 63.0 Å². The molecule has 1 N–H and O–H groups in total. The molecule has 0 aliphatic carbocycles. The second-order valence-corrected chi connectivity index (χ2v) is 6.43. The smallest absolute Gasteiger partial charge is 0.0678 e. The molecule has 2 aliphatic heterocycles. The van der Waals surface area contributed by atoms with Crippen molar-refractivity contribution >= 4 is 0 Å². The fourth-order valence-corrected chi connectivity index (χ4v) is 3.39. The fraction of sp³-hybridized carbons (Fsp3) is 1.00. The number of ether oxygens (including phenoxy) is 2. The molecule has 0 spiro atoms. The zero-order valence-electron chi connectivity index (χ0n) is 12.8. The number of rotatable bonds is 6. The quantitative estimate of drug-likeness (QED) is 0.742.